The Morgan fingerprint density at radius 1 is 1.04 bits per heavy atom. The monoisotopic (exact) mass is 402 g/mol. The zero-order chi connectivity index (χ0) is 19.1. The van der Waals surface area contributed by atoms with E-state index in [0.29, 0.717) is 11.5 Å². The number of hydrogen-bond acceptors (Lipinski definition) is 7. The lowest BCUT2D eigenvalue weighted by atomic mass is 10.1. The molecule has 0 spiro atoms. The van der Waals surface area contributed by atoms with Crippen LogP contribution >= 0.6 is 21.6 Å². The standard InChI is InChI=1S/C19H18N2O4S2/c22-17-9-10-18(23)21(17)25-19(24)11-8-14-4-6-15(7-5-14)13-26-27-16-3-1-2-12-20-16/h1-7,12H,8-11,13H2. The molecule has 0 atom stereocenters. The largest absolute Gasteiger partial charge is 0.333 e. The molecule has 3 rings (SSSR count). The second-order valence-corrected chi connectivity index (χ2v) is 8.19. The van der Waals surface area contributed by atoms with Crippen molar-refractivity contribution in [3.63, 3.8) is 0 Å². The molecule has 0 bridgehead atoms. The number of nitrogens with zero attached hydrogens (tertiary/aromatic N) is 2. The fraction of sp³-hybridized carbons (Fsp3) is 0.263. The van der Waals surface area contributed by atoms with Crippen LogP contribution in [0.4, 0.5) is 0 Å². The first-order chi connectivity index (χ1) is 13.1. The van der Waals surface area contributed by atoms with Gasteiger partial charge in [0.1, 0.15) is 5.03 Å². The van der Waals surface area contributed by atoms with E-state index in [2.05, 4.69) is 4.98 Å². The fourth-order valence-corrected chi connectivity index (χ4v) is 4.40. The molecule has 0 saturated carbocycles. The zero-order valence-corrected chi connectivity index (χ0v) is 16.1. The van der Waals surface area contributed by atoms with Crippen LogP contribution in [0.5, 0.6) is 0 Å². The van der Waals surface area contributed by atoms with Crippen molar-refractivity contribution in [3.8, 4) is 0 Å². The van der Waals surface area contributed by atoms with Gasteiger partial charge < -0.3 is 4.84 Å². The summed E-state index contributed by atoms with van der Waals surface area (Å²) in [5.74, 6) is -0.648. The highest BCUT2D eigenvalue weighted by atomic mass is 33.1. The van der Waals surface area contributed by atoms with Crippen LogP contribution in [0.2, 0.25) is 0 Å². The predicted octanol–water partition coefficient (Wildman–Crippen LogP) is 3.56. The normalized spacial score (nSPS) is 13.9. The van der Waals surface area contributed by atoms with Crippen LogP contribution in [0.3, 0.4) is 0 Å². The minimum absolute atomic E-state index is 0.101. The molecular weight excluding hydrogens is 384 g/mol. The highest BCUT2D eigenvalue weighted by Gasteiger charge is 2.32. The lowest BCUT2D eigenvalue weighted by molar-refractivity contribution is -0.197. The van der Waals surface area contributed by atoms with Gasteiger partial charge in [-0.2, -0.15) is 0 Å². The predicted molar refractivity (Wildman–Crippen MR) is 103 cm³/mol. The number of carbonyl (C=O) groups excluding carboxylic acids is 3. The van der Waals surface area contributed by atoms with E-state index >= 15 is 0 Å². The van der Waals surface area contributed by atoms with Crippen molar-refractivity contribution in [2.24, 2.45) is 0 Å². The number of hydrogen-bond donors (Lipinski definition) is 0. The lowest BCUT2D eigenvalue weighted by Crippen LogP contribution is -2.32. The maximum Gasteiger partial charge on any atom is 0.333 e. The van der Waals surface area contributed by atoms with Gasteiger partial charge in [-0.25, -0.2) is 9.78 Å². The lowest BCUT2D eigenvalue weighted by Gasteiger charge is -2.12. The van der Waals surface area contributed by atoms with Crippen LogP contribution in [0.25, 0.3) is 0 Å². The number of aryl methyl sites for hydroxylation is 1. The summed E-state index contributed by atoms with van der Waals surface area (Å²) >= 11 is 0. The van der Waals surface area contributed by atoms with Crippen molar-refractivity contribution in [1.29, 1.82) is 0 Å². The van der Waals surface area contributed by atoms with Crippen molar-refractivity contribution in [3.05, 3.63) is 59.8 Å². The fourth-order valence-electron chi connectivity index (χ4n) is 2.41. The number of hydroxylamine groups is 2. The summed E-state index contributed by atoms with van der Waals surface area (Å²) in [4.78, 5) is 43.8. The molecule has 2 aromatic rings. The zero-order valence-electron chi connectivity index (χ0n) is 14.5. The smallest absolute Gasteiger partial charge is 0.330 e. The van der Waals surface area contributed by atoms with Gasteiger partial charge in [-0.3, -0.25) is 9.59 Å². The first-order valence-electron chi connectivity index (χ1n) is 8.47. The van der Waals surface area contributed by atoms with Gasteiger partial charge in [0.2, 0.25) is 0 Å². The summed E-state index contributed by atoms with van der Waals surface area (Å²) in [5.41, 5.74) is 2.18. The van der Waals surface area contributed by atoms with Crippen LogP contribution in [0.15, 0.2) is 53.7 Å². The van der Waals surface area contributed by atoms with E-state index in [-0.39, 0.29) is 19.3 Å². The summed E-state index contributed by atoms with van der Waals surface area (Å²) in [5, 5.41) is 1.56. The van der Waals surface area contributed by atoms with E-state index in [1.807, 2.05) is 42.5 Å². The number of benzene rings is 1. The second-order valence-electron chi connectivity index (χ2n) is 5.88. The molecule has 1 saturated heterocycles. The minimum atomic E-state index is -0.579. The van der Waals surface area contributed by atoms with Gasteiger partial charge in [-0.05, 0) is 40.5 Å². The number of rotatable bonds is 8. The maximum atomic E-state index is 11.8. The third kappa shape index (κ3) is 5.83. The number of imide groups is 1. The van der Waals surface area contributed by atoms with E-state index in [1.165, 1.54) is 5.56 Å². The Bertz CT molecular complexity index is 796. The molecule has 1 aromatic heterocycles. The molecule has 0 aliphatic carbocycles. The molecule has 6 nitrogen and oxygen atoms in total. The van der Waals surface area contributed by atoms with Gasteiger partial charge in [-0.15, -0.1) is 5.06 Å². The highest BCUT2D eigenvalue weighted by Crippen LogP contribution is 2.32. The number of pyridine rings is 1. The summed E-state index contributed by atoms with van der Waals surface area (Å²) in [6.45, 7) is 0. The Labute approximate surface area is 165 Å². The Balaban J connectivity index is 1.40. The van der Waals surface area contributed by atoms with Crippen LogP contribution in [0, 0.1) is 0 Å². The van der Waals surface area contributed by atoms with Gasteiger partial charge in [-0.1, -0.05) is 41.1 Å². The van der Waals surface area contributed by atoms with Crippen molar-refractivity contribution < 1.29 is 19.2 Å². The third-order valence-electron chi connectivity index (χ3n) is 3.85. The third-order valence-corrected chi connectivity index (χ3v) is 6.05. The van der Waals surface area contributed by atoms with Crippen molar-refractivity contribution in [2.75, 3.05) is 0 Å². The molecule has 0 N–H and O–H groups in total. The molecule has 8 heteroatoms. The van der Waals surface area contributed by atoms with Crippen molar-refractivity contribution in [1.82, 2.24) is 10.0 Å². The van der Waals surface area contributed by atoms with E-state index < -0.39 is 17.8 Å². The molecule has 2 heterocycles. The second kappa shape index (κ2) is 9.57. The summed E-state index contributed by atoms with van der Waals surface area (Å²) in [6.07, 6.45) is 2.58. The van der Waals surface area contributed by atoms with Crippen LogP contribution in [0.1, 0.15) is 30.4 Å². The molecule has 0 unspecified atom stereocenters. The summed E-state index contributed by atoms with van der Waals surface area (Å²) < 4.78 is 0. The topological polar surface area (TPSA) is 76.6 Å². The van der Waals surface area contributed by atoms with Gasteiger partial charge in [0.05, 0.1) is 6.42 Å². The van der Waals surface area contributed by atoms with E-state index in [1.54, 1.807) is 27.8 Å². The van der Waals surface area contributed by atoms with Gasteiger partial charge in [0, 0.05) is 24.8 Å². The van der Waals surface area contributed by atoms with Crippen LogP contribution in [-0.4, -0.2) is 27.8 Å². The molecular formula is C19H18N2O4S2. The summed E-state index contributed by atoms with van der Waals surface area (Å²) in [6, 6.07) is 13.8. The number of aromatic nitrogens is 1. The van der Waals surface area contributed by atoms with Gasteiger partial charge >= 0.3 is 5.97 Å². The quantitative estimate of drug-likeness (QED) is 0.493. The Morgan fingerprint density at radius 2 is 1.74 bits per heavy atom. The molecule has 0 radical (unpaired) electrons. The molecule has 1 fully saturated rings. The van der Waals surface area contributed by atoms with E-state index in [0.717, 1.165) is 16.3 Å². The SMILES string of the molecule is O=C(CCc1ccc(CSSc2ccccn2)cc1)ON1C(=O)CCC1=O. The molecule has 1 aliphatic rings. The first kappa shape index (κ1) is 19.4. The van der Waals surface area contributed by atoms with Crippen LogP contribution in [-0.2, 0) is 31.4 Å². The Kier molecular flexibility index (Phi) is 6.89. The van der Waals surface area contributed by atoms with Crippen molar-refractivity contribution in [2.45, 2.75) is 36.5 Å². The molecule has 1 aliphatic heterocycles. The molecule has 27 heavy (non-hydrogen) atoms. The maximum absolute atomic E-state index is 11.8. The molecule has 140 valence electrons. The highest BCUT2D eigenvalue weighted by molar-refractivity contribution is 8.76. The van der Waals surface area contributed by atoms with E-state index in [4.69, 9.17) is 4.84 Å². The van der Waals surface area contributed by atoms with Gasteiger partial charge in [0.25, 0.3) is 11.8 Å². The average molecular weight is 402 g/mol. The van der Waals surface area contributed by atoms with Crippen molar-refractivity contribution >= 4 is 39.4 Å². The van der Waals surface area contributed by atoms with Crippen LogP contribution < -0.4 is 0 Å². The Hall–Kier alpha value is -2.32. The average Bonchev–Trinajstić information content (AvgIpc) is 3.00. The Morgan fingerprint density at radius 3 is 2.41 bits per heavy atom. The summed E-state index contributed by atoms with van der Waals surface area (Å²) in [7, 11) is 3.35. The number of carbonyl (C=O) groups is 3. The number of amides is 2. The molecule has 1 aromatic carbocycles. The molecule has 2 amide bonds. The van der Waals surface area contributed by atoms with E-state index in [9.17, 15) is 14.4 Å². The van der Waals surface area contributed by atoms with Gasteiger partial charge in [0.15, 0.2) is 0 Å². The minimum Gasteiger partial charge on any atom is -0.330 e. The first-order valence-corrected chi connectivity index (χ1v) is 10.8.